The molecule has 2 atom stereocenters. The molecule has 0 saturated heterocycles. The Hall–Kier alpha value is -0.430. The number of aromatic nitrogens is 2. The SMILES string of the molecule is CCC(OC)C(Cc1c(Br)c(C)nn1C)NN. The first-order chi connectivity index (χ1) is 8.04. The van der Waals surface area contributed by atoms with Crippen molar-refractivity contribution in [1.29, 1.82) is 0 Å². The first kappa shape index (κ1) is 14.6. The van der Waals surface area contributed by atoms with Gasteiger partial charge < -0.3 is 4.74 Å². The van der Waals surface area contributed by atoms with Crippen LogP contribution >= 0.6 is 15.9 Å². The summed E-state index contributed by atoms with van der Waals surface area (Å²) in [4.78, 5) is 0. The lowest BCUT2D eigenvalue weighted by molar-refractivity contribution is 0.0647. The zero-order chi connectivity index (χ0) is 13.0. The summed E-state index contributed by atoms with van der Waals surface area (Å²) >= 11 is 3.56. The van der Waals surface area contributed by atoms with E-state index in [-0.39, 0.29) is 12.1 Å². The fourth-order valence-electron chi connectivity index (χ4n) is 2.02. The van der Waals surface area contributed by atoms with Crippen molar-refractivity contribution in [2.75, 3.05) is 7.11 Å². The van der Waals surface area contributed by atoms with Gasteiger partial charge in [0.05, 0.1) is 28.0 Å². The summed E-state index contributed by atoms with van der Waals surface area (Å²) in [5.41, 5.74) is 4.94. The van der Waals surface area contributed by atoms with Crippen LogP contribution in [0.5, 0.6) is 0 Å². The second-order valence-corrected chi connectivity index (χ2v) is 4.92. The van der Waals surface area contributed by atoms with Crippen molar-refractivity contribution in [3.63, 3.8) is 0 Å². The van der Waals surface area contributed by atoms with Crippen molar-refractivity contribution in [2.24, 2.45) is 12.9 Å². The standard InChI is InChI=1S/C11H21BrN4O/c1-5-10(17-4)8(14-13)6-9-11(12)7(2)15-16(9)3/h8,10,14H,5-6,13H2,1-4H3. The summed E-state index contributed by atoms with van der Waals surface area (Å²) in [6, 6.07) is 0.0797. The minimum Gasteiger partial charge on any atom is -0.380 e. The van der Waals surface area contributed by atoms with Crippen LogP contribution < -0.4 is 11.3 Å². The highest BCUT2D eigenvalue weighted by Gasteiger charge is 2.22. The van der Waals surface area contributed by atoms with Gasteiger partial charge in [0.15, 0.2) is 0 Å². The van der Waals surface area contributed by atoms with Crippen molar-refractivity contribution in [2.45, 2.75) is 38.8 Å². The molecule has 6 heteroatoms. The highest BCUT2D eigenvalue weighted by molar-refractivity contribution is 9.10. The maximum absolute atomic E-state index is 5.60. The van der Waals surface area contributed by atoms with Gasteiger partial charge in [-0.1, -0.05) is 6.92 Å². The van der Waals surface area contributed by atoms with E-state index in [1.54, 1.807) is 7.11 Å². The number of hydrogen-bond donors (Lipinski definition) is 2. The molecule has 3 N–H and O–H groups in total. The molecule has 0 aliphatic heterocycles. The lowest BCUT2D eigenvalue weighted by Crippen LogP contribution is -2.46. The summed E-state index contributed by atoms with van der Waals surface area (Å²) in [5.74, 6) is 5.60. The van der Waals surface area contributed by atoms with Crippen molar-refractivity contribution < 1.29 is 4.74 Å². The van der Waals surface area contributed by atoms with Crippen molar-refractivity contribution >= 4 is 15.9 Å². The third-order valence-electron chi connectivity index (χ3n) is 3.04. The topological polar surface area (TPSA) is 65.1 Å². The minimum atomic E-state index is 0.0797. The van der Waals surface area contributed by atoms with Crippen LogP contribution in [-0.2, 0) is 18.2 Å². The molecule has 0 spiro atoms. The molecular formula is C11H21BrN4O. The monoisotopic (exact) mass is 304 g/mol. The van der Waals surface area contributed by atoms with Crippen LogP contribution in [0.3, 0.4) is 0 Å². The maximum atomic E-state index is 5.60. The molecule has 0 fully saturated rings. The molecule has 17 heavy (non-hydrogen) atoms. The van der Waals surface area contributed by atoms with Crippen molar-refractivity contribution in [3.05, 3.63) is 15.9 Å². The van der Waals surface area contributed by atoms with Gasteiger partial charge in [0.1, 0.15) is 0 Å². The van der Waals surface area contributed by atoms with E-state index in [4.69, 9.17) is 10.6 Å². The number of ether oxygens (including phenoxy) is 1. The summed E-state index contributed by atoms with van der Waals surface area (Å²) < 4.78 is 8.35. The molecule has 1 aromatic heterocycles. The van der Waals surface area contributed by atoms with Crippen molar-refractivity contribution in [3.8, 4) is 0 Å². The molecule has 0 saturated carbocycles. The smallest absolute Gasteiger partial charge is 0.0738 e. The van der Waals surface area contributed by atoms with Crippen LogP contribution in [0.25, 0.3) is 0 Å². The molecule has 0 aliphatic rings. The molecule has 0 bridgehead atoms. The second kappa shape index (κ2) is 6.49. The van der Waals surface area contributed by atoms with E-state index in [0.29, 0.717) is 0 Å². The van der Waals surface area contributed by atoms with E-state index in [2.05, 4.69) is 33.4 Å². The number of aryl methyl sites for hydroxylation is 2. The van der Waals surface area contributed by atoms with Gasteiger partial charge >= 0.3 is 0 Å². The number of halogens is 1. The molecule has 2 unspecified atom stereocenters. The van der Waals surface area contributed by atoms with Crippen molar-refractivity contribution in [1.82, 2.24) is 15.2 Å². The van der Waals surface area contributed by atoms with Crippen LogP contribution in [0.4, 0.5) is 0 Å². The number of nitrogens with one attached hydrogen (secondary N) is 1. The molecule has 0 radical (unpaired) electrons. The average molecular weight is 305 g/mol. The van der Waals surface area contributed by atoms with E-state index in [0.717, 1.165) is 28.7 Å². The summed E-state index contributed by atoms with van der Waals surface area (Å²) in [7, 11) is 3.65. The predicted molar refractivity (Wildman–Crippen MR) is 71.5 cm³/mol. The van der Waals surface area contributed by atoms with Crippen LogP contribution in [0.15, 0.2) is 4.47 Å². The van der Waals surface area contributed by atoms with Gasteiger partial charge in [0.25, 0.3) is 0 Å². The molecule has 98 valence electrons. The number of nitrogens with two attached hydrogens (primary N) is 1. The molecule has 0 aromatic carbocycles. The Kier molecular flexibility index (Phi) is 5.58. The Balaban J connectivity index is 2.87. The highest BCUT2D eigenvalue weighted by atomic mass is 79.9. The van der Waals surface area contributed by atoms with Gasteiger partial charge in [0.2, 0.25) is 0 Å². The Morgan fingerprint density at radius 1 is 1.59 bits per heavy atom. The lowest BCUT2D eigenvalue weighted by atomic mass is 10.0. The molecule has 0 aliphatic carbocycles. The van der Waals surface area contributed by atoms with Crippen LogP contribution in [0.1, 0.15) is 24.7 Å². The molecule has 1 heterocycles. The maximum Gasteiger partial charge on any atom is 0.0738 e. The second-order valence-electron chi connectivity index (χ2n) is 4.13. The Labute approximate surface area is 111 Å². The molecule has 0 amide bonds. The summed E-state index contributed by atoms with van der Waals surface area (Å²) in [5, 5.41) is 4.37. The first-order valence-electron chi connectivity index (χ1n) is 5.72. The summed E-state index contributed by atoms with van der Waals surface area (Å²) in [6.07, 6.45) is 1.79. The van der Waals surface area contributed by atoms with E-state index in [1.807, 2.05) is 18.7 Å². The van der Waals surface area contributed by atoms with Gasteiger partial charge in [0, 0.05) is 20.6 Å². The van der Waals surface area contributed by atoms with Gasteiger partial charge in [-0.25, -0.2) is 0 Å². The normalized spacial score (nSPS) is 14.9. The Morgan fingerprint density at radius 3 is 2.59 bits per heavy atom. The Bertz CT molecular complexity index is 363. The molecule has 5 nitrogen and oxygen atoms in total. The largest absolute Gasteiger partial charge is 0.380 e. The van der Waals surface area contributed by atoms with E-state index in [9.17, 15) is 0 Å². The fraction of sp³-hybridized carbons (Fsp3) is 0.727. The predicted octanol–water partition coefficient (Wildman–Crippen LogP) is 1.29. The number of nitrogens with zero attached hydrogens (tertiary/aromatic N) is 2. The van der Waals surface area contributed by atoms with Gasteiger partial charge in [-0.15, -0.1) is 0 Å². The van der Waals surface area contributed by atoms with Crippen LogP contribution in [0.2, 0.25) is 0 Å². The minimum absolute atomic E-state index is 0.0797. The van der Waals surface area contributed by atoms with E-state index < -0.39 is 0 Å². The zero-order valence-electron chi connectivity index (χ0n) is 10.8. The summed E-state index contributed by atoms with van der Waals surface area (Å²) in [6.45, 7) is 4.06. The lowest BCUT2D eigenvalue weighted by Gasteiger charge is -2.24. The molecule has 1 rings (SSSR count). The van der Waals surface area contributed by atoms with E-state index in [1.165, 1.54) is 0 Å². The molecular weight excluding hydrogens is 284 g/mol. The number of methoxy groups -OCH3 is 1. The number of hydrazine groups is 1. The third kappa shape index (κ3) is 3.28. The van der Waals surface area contributed by atoms with Crippen LogP contribution in [-0.4, -0.2) is 29.0 Å². The fourth-order valence-corrected chi connectivity index (χ4v) is 2.52. The quantitative estimate of drug-likeness (QED) is 0.614. The number of rotatable bonds is 6. The zero-order valence-corrected chi connectivity index (χ0v) is 12.4. The Morgan fingerprint density at radius 2 is 2.24 bits per heavy atom. The number of hydrogen-bond acceptors (Lipinski definition) is 4. The third-order valence-corrected chi connectivity index (χ3v) is 4.07. The van der Waals surface area contributed by atoms with E-state index >= 15 is 0 Å². The van der Waals surface area contributed by atoms with Gasteiger partial charge in [-0.3, -0.25) is 16.0 Å². The molecule has 1 aromatic rings. The van der Waals surface area contributed by atoms with Gasteiger partial charge in [-0.2, -0.15) is 5.10 Å². The van der Waals surface area contributed by atoms with Crippen LogP contribution in [0, 0.1) is 6.92 Å². The van der Waals surface area contributed by atoms with Gasteiger partial charge in [-0.05, 0) is 29.3 Å². The average Bonchev–Trinajstić information content (AvgIpc) is 2.55. The highest BCUT2D eigenvalue weighted by Crippen LogP contribution is 2.22. The first-order valence-corrected chi connectivity index (χ1v) is 6.51.